The molecule has 1 atom stereocenters. The van der Waals surface area contributed by atoms with Crippen molar-refractivity contribution in [3.63, 3.8) is 0 Å². The summed E-state index contributed by atoms with van der Waals surface area (Å²) in [6.07, 6.45) is 6.18. The third-order valence-corrected chi connectivity index (χ3v) is 3.48. The Bertz CT molecular complexity index is 374. The van der Waals surface area contributed by atoms with Crippen LogP contribution < -0.4 is 5.32 Å². The molecule has 0 aromatic carbocycles. The van der Waals surface area contributed by atoms with E-state index in [1.807, 2.05) is 7.05 Å². The Labute approximate surface area is 97.7 Å². The number of nitrogens with zero attached hydrogens (tertiary/aromatic N) is 2. The molecule has 3 heteroatoms. The van der Waals surface area contributed by atoms with E-state index in [1.165, 1.54) is 36.2 Å². The first-order chi connectivity index (χ1) is 7.72. The minimum absolute atomic E-state index is 0.243. The summed E-state index contributed by atoms with van der Waals surface area (Å²) in [5.74, 6) is 0.945. The van der Waals surface area contributed by atoms with Gasteiger partial charge in [-0.25, -0.2) is 9.97 Å². The third-order valence-electron chi connectivity index (χ3n) is 3.48. The summed E-state index contributed by atoms with van der Waals surface area (Å²) in [5, 5.41) is 3.21. The first-order valence-electron chi connectivity index (χ1n) is 6.26. The Hall–Kier alpha value is -0.960. The summed E-state index contributed by atoms with van der Waals surface area (Å²) in [6.45, 7) is 4.23. The summed E-state index contributed by atoms with van der Waals surface area (Å²) < 4.78 is 0. The second-order valence-electron chi connectivity index (χ2n) is 4.66. The van der Waals surface area contributed by atoms with Crippen LogP contribution in [-0.2, 0) is 12.8 Å². The van der Waals surface area contributed by atoms with E-state index in [4.69, 9.17) is 4.98 Å². The molecule has 0 spiro atoms. The standard InChI is InChI=1S/C13H21N3/c1-9-11-7-5-4-6-8-12(11)16-13(15-9)10(2)14-3/h10,14H,4-8H2,1-3H3. The molecule has 1 aromatic rings. The van der Waals surface area contributed by atoms with Gasteiger partial charge in [-0.1, -0.05) is 6.42 Å². The number of aromatic nitrogens is 2. The number of nitrogens with one attached hydrogen (secondary N) is 1. The molecule has 1 unspecified atom stereocenters. The van der Waals surface area contributed by atoms with Gasteiger partial charge in [0.25, 0.3) is 0 Å². The molecule has 88 valence electrons. The molecule has 0 saturated heterocycles. The maximum absolute atomic E-state index is 4.73. The fourth-order valence-corrected chi connectivity index (χ4v) is 2.30. The number of fused-ring (bicyclic) bond motifs is 1. The Balaban J connectivity index is 2.39. The van der Waals surface area contributed by atoms with E-state index in [0.29, 0.717) is 0 Å². The van der Waals surface area contributed by atoms with Gasteiger partial charge in [0, 0.05) is 11.4 Å². The monoisotopic (exact) mass is 219 g/mol. The van der Waals surface area contributed by atoms with Crippen molar-refractivity contribution in [1.29, 1.82) is 0 Å². The van der Waals surface area contributed by atoms with E-state index in [1.54, 1.807) is 0 Å². The van der Waals surface area contributed by atoms with Crippen molar-refractivity contribution in [3.05, 3.63) is 22.8 Å². The predicted octanol–water partition coefficient (Wildman–Crippen LogP) is 2.33. The van der Waals surface area contributed by atoms with Crippen molar-refractivity contribution < 1.29 is 0 Å². The molecule has 0 bridgehead atoms. The zero-order valence-electron chi connectivity index (χ0n) is 10.5. The highest BCUT2D eigenvalue weighted by Crippen LogP contribution is 2.22. The van der Waals surface area contributed by atoms with Crippen LogP contribution in [0.15, 0.2) is 0 Å². The fraction of sp³-hybridized carbons (Fsp3) is 0.692. The lowest BCUT2D eigenvalue weighted by atomic mass is 10.1. The van der Waals surface area contributed by atoms with E-state index in [-0.39, 0.29) is 6.04 Å². The molecule has 0 aliphatic heterocycles. The molecule has 0 fully saturated rings. The SMILES string of the molecule is CNC(C)c1nc(C)c2c(n1)CCCCC2. The fourth-order valence-electron chi connectivity index (χ4n) is 2.30. The Morgan fingerprint density at radius 3 is 2.62 bits per heavy atom. The molecule has 0 amide bonds. The van der Waals surface area contributed by atoms with Crippen LogP contribution in [0.5, 0.6) is 0 Å². The predicted molar refractivity (Wildman–Crippen MR) is 65.5 cm³/mol. The summed E-state index contributed by atoms with van der Waals surface area (Å²) in [4.78, 5) is 9.36. The van der Waals surface area contributed by atoms with Gasteiger partial charge in [0.1, 0.15) is 5.82 Å². The zero-order valence-corrected chi connectivity index (χ0v) is 10.5. The lowest BCUT2D eigenvalue weighted by Crippen LogP contribution is -2.18. The Morgan fingerprint density at radius 2 is 1.88 bits per heavy atom. The number of aryl methyl sites for hydroxylation is 2. The van der Waals surface area contributed by atoms with Gasteiger partial charge in [-0.15, -0.1) is 0 Å². The number of hydrogen-bond acceptors (Lipinski definition) is 3. The average Bonchev–Trinajstić information content (AvgIpc) is 2.53. The highest BCUT2D eigenvalue weighted by atomic mass is 15.0. The van der Waals surface area contributed by atoms with Crippen LogP contribution in [0.2, 0.25) is 0 Å². The zero-order chi connectivity index (χ0) is 11.5. The van der Waals surface area contributed by atoms with Crippen molar-refractivity contribution >= 4 is 0 Å². The minimum Gasteiger partial charge on any atom is -0.311 e. The minimum atomic E-state index is 0.243. The van der Waals surface area contributed by atoms with E-state index < -0.39 is 0 Å². The molecule has 1 aliphatic rings. The second-order valence-corrected chi connectivity index (χ2v) is 4.66. The normalized spacial score (nSPS) is 17.7. The first-order valence-corrected chi connectivity index (χ1v) is 6.26. The third kappa shape index (κ3) is 2.24. The summed E-state index contributed by atoms with van der Waals surface area (Å²) in [5.41, 5.74) is 3.88. The van der Waals surface area contributed by atoms with Crippen LogP contribution in [0.1, 0.15) is 55.0 Å². The van der Waals surface area contributed by atoms with Gasteiger partial charge in [0.05, 0.1) is 6.04 Å². The van der Waals surface area contributed by atoms with Gasteiger partial charge in [-0.3, -0.25) is 0 Å². The lowest BCUT2D eigenvalue weighted by molar-refractivity contribution is 0.600. The molecule has 1 aromatic heterocycles. The van der Waals surface area contributed by atoms with Crippen LogP contribution >= 0.6 is 0 Å². The molecule has 3 nitrogen and oxygen atoms in total. The van der Waals surface area contributed by atoms with E-state index in [2.05, 4.69) is 24.1 Å². The van der Waals surface area contributed by atoms with Crippen LogP contribution in [0, 0.1) is 6.92 Å². The quantitative estimate of drug-likeness (QED) is 0.776. The molecular formula is C13H21N3. The first kappa shape index (κ1) is 11.5. The molecule has 1 aliphatic carbocycles. The number of hydrogen-bond donors (Lipinski definition) is 1. The Morgan fingerprint density at radius 1 is 1.12 bits per heavy atom. The van der Waals surface area contributed by atoms with Crippen molar-refractivity contribution in [2.24, 2.45) is 0 Å². The molecule has 16 heavy (non-hydrogen) atoms. The van der Waals surface area contributed by atoms with Gasteiger partial charge >= 0.3 is 0 Å². The molecular weight excluding hydrogens is 198 g/mol. The summed E-state index contributed by atoms with van der Waals surface area (Å²) in [7, 11) is 1.95. The van der Waals surface area contributed by atoms with E-state index in [0.717, 1.165) is 18.7 Å². The smallest absolute Gasteiger partial charge is 0.145 e. The van der Waals surface area contributed by atoms with Gasteiger partial charge in [-0.05, 0) is 52.1 Å². The summed E-state index contributed by atoms with van der Waals surface area (Å²) >= 11 is 0. The molecule has 1 N–H and O–H groups in total. The van der Waals surface area contributed by atoms with Gasteiger partial charge < -0.3 is 5.32 Å². The second kappa shape index (κ2) is 4.91. The van der Waals surface area contributed by atoms with Crippen molar-refractivity contribution in [3.8, 4) is 0 Å². The molecule has 0 saturated carbocycles. The number of rotatable bonds is 2. The van der Waals surface area contributed by atoms with Crippen molar-refractivity contribution in [2.75, 3.05) is 7.05 Å². The van der Waals surface area contributed by atoms with Crippen LogP contribution in [0.4, 0.5) is 0 Å². The van der Waals surface area contributed by atoms with Crippen molar-refractivity contribution in [2.45, 2.75) is 52.0 Å². The Kier molecular flexibility index (Phi) is 3.54. The lowest BCUT2D eigenvalue weighted by Gasteiger charge is -2.14. The molecule has 0 radical (unpaired) electrons. The van der Waals surface area contributed by atoms with Crippen LogP contribution in [0.3, 0.4) is 0 Å². The highest BCUT2D eigenvalue weighted by molar-refractivity contribution is 5.27. The van der Waals surface area contributed by atoms with E-state index >= 15 is 0 Å². The summed E-state index contributed by atoms with van der Waals surface area (Å²) in [6, 6.07) is 0.243. The maximum Gasteiger partial charge on any atom is 0.145 e. The van der Waals surface area contributed by atoms with Crippen molar-refractivity contribution in [1.82, 2.24) is 15.3 Å². The molecule has 2 rings (SSSR count). The van der Waals surface area contributed by atoms with Crippen LogP contribution in [-0.4, -0.2) is 17.0 Å². The molecule has 1 heterocycles. The van der Waals surface area contributed by atoms with Gasteiger partial charge in [-0.2, -0.15) is 0 Å². The topological polar surface area (TPSA) is 37.8 Å². The maximum atomic E-state index is 4.73. The average molecular weight is 219 g/mol. The van der Waals surface area contributed by atoms with Gasteiger partial charge in [0.15, 0.2) is 0 Å². The van der Waals surface area contributed by atoms with Gasteiger partial charge in [0.2, 0.25) is 0 Å². The largest absolute Gasteiger partial charge is 0.311 e. The highest BCUT2D eigenvalue weighted by Gasteiger charge is 2.16. The van der Waals surface area contributed by atoms with Crippen LogP contribution in [0.25, 0.3) is 0 Å². The van der Waals surface area contributed by atoms with E-state index in [9.17, 15) is 0 Å².